The van der Waals surface area contributed by atoms with Crippen LogP contribution in [0.1, 0.15) is 22.5 Å². The Morgan fingerprint density at radius 1 is 1.06 bits per heavy atom. The Bertz CT molecular complexity index is 1190. The maximum Gasteiger partial charge on any atom is 0.234 e. The molecule has 0 saturated carbocycles. The number of anilines is 2. The minimum Gasteiger partial charge on any atom is -0.325 e. The molecule has 2 N–H and O–H groups in total. The van der Waals surface area contributed by atoms with E-state index in [4.69, 9.17) is 11.6 Å². The second kappa shape index (κ2) is 11.2. The molecule has 0 bridgehead atoms. The van der Waals surface area contributed by atoms with Gasteiger partial charge in [0.1, 0.15) is 5.82 Å². The number of allylic oxidation sites excluding steroid dienone is 1. The zero-order valence-corrected chi connectivity index (χ0v) is 20.4. The number of thioether (sulfide) groups is 1. The molecule has 2 aromatic carbocycles. The summed E-state index contributed by atoms with van der Waals surface area (Å²) in [5, 5.41) is 15.2. The van der Waals surface area contributed by atoms with Crippen LogP contribution >= 0.6 is 23.4 Å². The fraction of sp³-hybridized carbons (Fsp3) is 0.250. The van der Waals surface area contributed by atoms with Crippen LogP contribution in [-0.4, -0.2) is 32.3 Å². The molecule has 0 unspecified atom stereocenters. The molecule has 0 saturated heterocycles. The Labute approximate surface area is 202 Å². The van der Waals surface area contributed by atoms with Crippen molar-refractivity contribution in [1.29, 1.82) is 0 Å². The van der Waals surface area contributed by atoms with Gasteiger partial charge in [-0.25, -0.2) is 0 Å². The maximum absolute atomic E-state index is 12.6. The van der Waals surface area contributed by atoms with E-state index in [1.807, 2.05) is 45.0 Å². The topological polar surface area (TPSA) is 88.9 Å². The van der Waals surface area contributed by atoms with Crippen LogP contribution in [0.2, 0.25) is 5.02 Å². The van der Waals surface area contributed by atoms with E-state index in [1.165, 1.54) is 11.8 Å². The summed E-state index contributed by atoms with van der Waals surface area (Å²) in [4.78, 5) is 25.0. The predicted octanol–water partition coefficient (Wildman–Crippen LogP) is 4.95. The van der Waals surface area contributed by atoms with Gasteiger partial charge in [0.05, 0.1) is 12.2 Å². The number of carbonyl (C=O) groups excluding carboxylic acids is 2. The van der Waals surface area contributed by atoms with Crippen molar-refractivity contribution in [3.63, 3.8) is 0 Å². The van der Waals surface area contributed by atoms with Gasteiger partial charge in [-0.05, 0) is 50.1 Å². The Morgan fingerprint density at radius 3 is 2.55 bits per heavy atom. The molecular weight excluding hydrogens is 458 g/mol. The van der Waals surface area contributed by atoms with Crippen LogP contribution in [0, 0.1) is 20.8 Å². The van der Waals surface area contributed by atoms with E-state index in [9.17, 15) is 9.59 Å². The Balaban J connectivity index is 1.63. The van der Waals surface area contributed by atoms with E-state index in [1.54, 1.807) is 22.8 Å². The van der Waals surface area contributed by atoms with E-state index in [0.29, 0.717) is 28.2 Å². The molecule has 2 amide bonds. The van der Waals surface area contributed by atoms with E-state index in [0.717, 1.165) is 22.4 Å². The average molecular weight is 484 g/mol. The molecule has 1 aromatic heterocycles. The molecular formula is C24H26ClN5O2S. The molecule has 0 aliphatic rings. The van der Waals surface area contributed by atoms with E-state index >= 15 is 0 Å². The van der Waals surface area contributed by atoms with Gasteiger partial charge >= 0.3 is 0 Å². The van der Waals surface area contributed by atoms with E-state index < -0.39 is 0 Å². The fourth-order valence-corrected chi connectivity index (χ4v) is 4.11. The van der Waals surface area contributed by atoms with Crippen molar-refractivity contribution < 1.29 is 9.59 Å². The minimum atomic E-state index is -0.192. The third kappa shape index (κ3) is 6.69. The number of hydrogen-bond donors (Lipinski definition) is 2. The number of nitrogens with one attached hydrogen (secondary N) is 2. The van der Waals surface area contributed by atoms with Gasteiger partial charge in [-0.15, -0.1) is 16.8 Å². The van der Waals surface area contributed by atoms with Gasteiger partial charge in [-0.3, -0.25) is 9.59 Å². The first-order valence-corrected chi connectivity index (χ1v) is 11.7. The lowest BCUT2D eigenvalue weighted by molar-refractivity contribution is -0.116. The first-order chi connectivity index (χ1) is 15.8. The number of benzene rings is 2. The summed E-state index contributed by atoms with van der Waals surface area (Å²) in [6.07, 6.45) is 1.76. The quantitative estimate of drug-likeness (QED) is 0.332. The standard InChI is InChI=1S/C24H26ClN5O2S/c1-5-10-30-21(13-22(31)27-20-9-6-15(2)11-17(20)4)28-29-24(30)33-14-23(32)26-18-8-7-16(3)19(25)12-18/h5-9,11-12H,1,10,13-14H2,2-4H3,(H,26,32)(H,27,31). The lowest BCUT2D eigenvalue weighted by Gasteiger charge is -2.10. The average Bonchev–Trinajstić information content (AvgIpc) is 3.13. The number of aryl methyl sites for hydroxylation is 3. The normalized spacial score (nSPS) is 10.7. The van der Waals surface area contributed by atoms with Crippen molar-refractivity contribution in [2.75, 3.05) is 16.4 Å². The van der Waals surface area contributed by atoms with Gasteiger partial charge in [-0.1, -0.05) is 53.2 Å². The van der Waals surface area contributed by atoms with Crippen LogP contribution in [0.4, 0.5) is 11.4 Å². The van der Waals surface area contributed by atoms with Crippen molar-refractivity contribution in [2.45, 2.75) is 38.9 Å². The molecule has 0 atom stereocenters. The molecule has 9 heteroatoms. The summed E-state index contributed by atoms with van der Waals surface area (Å²) >= 11 is 7.36. The summed E-state index contributed by atoms with van der Waals surface area (Å²) in [7, 11) is 0. The van der Waals surface area contributed by atoms with E-state index in [-0.39, 0.29) is 24.0 Å². The van der Waals surface area contributed by atoms with Crippen molar-refractivity contribution in [3.8, 4) is 0 Å². The van der Waals surface area contributed by atoms with Crippen LogP contribution < -0.4 is 10.6 Å². The molecule has 172 valence electrons. The maximum atomic E-state index is 12.6. The van der Waals surface area contributed by atoms with Gasteiger partial charge in [-0.2, -0.15) is 0 Å². The summed E-state index contributed by atoms with van der Waals surface area (Å²) < 4.78 is 1.79. The highest BCUT2D eigenvalue weighted by Crippen LogP contribution is 2.22. The molecule has 0 radical (unpaired) electrons. The van der Waals surface area contributed by atoms with Gasteiger partial charge < -0.3 is 15.2 Å². The zero-order chi connectivity index (χ0) is 24.0. The largest absolute Gasteiger partial charge is 0.325 e. The first-order valence-electron chi connectivity index (χ1n) is 10.4. The number of halogens is 1. The number of rotatable bonds is 9. The molecule has 0 fully saturated rings. The second-order valence-electron chi connectivity index (χ2n) is 7.64. The summed E-state index contributed by atoms with van der Waals surface area (Å²) in [6, 6.07) is 11.2. The fourth-order valence-electron chi connectivity index (χ4n) is 3.16. The van der Waals surface area contributed by atoms with Crippen LogP contribution in [0.25, 0.3) is 0 Å². The van der Waals surface area contributed by atoms with Gasteiger partial charge in [0.15, 0.2) is 5.16 Å². The number of amides is 2. The molecule has 0 aliphatic carbocycles. The van der Waals surface area contributed by atoms with Crippen molar-refractivity contribution in [2.24, 2.45) is 0 Å². The summed E-state index contributed by atoms with van der Waals surface area (Å²) in [5.41, 5.74) is 4.46. The Morgan fingerprint density at radius 2 is 1.85 bits per heavy atom. The lowest BCUT2D eigenvalue weighted by Crippen LogP contribution is -2.18. The molecule has 33 heavy (non-hydrogen) atoms. The summed E-state index contributed by atoms with van der Waals surface area (Å²) in [5.74, 6) is 0.257. The van der Waals surface area contributed by atoms with E-state index in [2.05, 4.69) is 27.4 Å². The molecule has 0 spiro atoms. The highest BCUT2D eigenvalue weighted by molar-refractivity contribution is 7.99. The highest BCUT2D eigenvalue weighted by atomic mass is 35.5. The summed E-state index contributed by atoms with van der Waals surface area (Å²) in [6.45, 7) is 10.1. The minimum absolute atomic E-state index is 0.0583. The molecule has 0 aliphatic heterocycles. The number of aromatic nitrogens is 3. The Hall–Kier alpha value is -3.10. The van der Waals surface area contributed by atoms with Crippen LogP contribution in [0.15, 0.2) is 54.2 Å². The second-order valence-corrected chi connectivity index (χ2v) is 8.99. The Kier molecular flexibility index (Phi) is 8.30. The zero-order valence-electron chi connectivity index (χ0n) is 18.8. The molecule has 3 rings (SSSR count). The van der Waals surface area contributed by atoms with Gasteiger partial charge in [0, 0.05) is 22.9 Å². The van der Waals surface area contributed by atoms with Crippen LogP contribution in [0.3, 0.4) is 0 Å². The van der Waals surface area contributed by atoms with Gasteiger partial charge in [0.25, 0.3) is 0 Å². The SMILES string of the molecule is C=CCn1c(CC(=O)Nc2ccc(C)cc2C)nnc1SCC(=O)Nc1ccc(C)c(Cl)c1. The number of carbonyl (C=O) groups is 2. The number of hydrogen-bond acceptors (Lipinski definition) is 5. The smallest absolute Gasteiger partial charge is 0.234 e. The van der Waals surface area contributed by atoms with Crippen molar-refractivity contribution in [1.82, 2.24) is 14.8 Å². The van der Waals surface area contributed by atoms with Crippen LogP contribution in [-0.2, 0) is 22.6 Å². The lowest BCUT2D eigenvalue weighted by atomic mass is 10.1. The third-order valence-corrected chi connectivity index (χ3v) is 6.24. The molecule has 7 nitrogen and oxygen atoms in total. The van der Waals surface area contributed by atoms with Crippen molar-refractivity contribution in [3.05, 3.63) is 76.6 Å². The first kappa shape index (κ1) is 24.5. The highest BCUT2D eigenvalue weighted by Gasteiger charge is 2.17. The van der Waals surface area contributed by atoms with Crippen LogP contribution in [0.5, 0.6) is 0 Å². The monoisotopic (exact) mass is 483 g/mol. The molecule has 1 heterocycles. The molecule has 3 aromatic rings. The van der Waals surface area contributed by atoms with Gasteiger partial charge in [0.2, 0.25) is 11.8 Å². The third-order valence-electron chi connectivity index (χ3n) is 4.87. The number of nitrogens with zero attached hydrogens (tertiary/aromatic N) is 3. The van der Waals surface area contributed by atoms with Crippen molar-refractivity contribution >= 4 is 46.6 Å². The predicted molar refractivity (Wildman–Crippen MR) is 134 cm³/mol.